The average molecular weight is 255 g/mol. The van der Waals surface area contributed by atoms with Gasteiger partial charge in [-0.15, -0.1) is 0 Å². The van der Waals surface area contributed by atoms with Gasteiger partial charge in [-0.2, -0.15) is 17.0 Å². The van der Waals surface area contributed by atoms with Crippen LogP contribution in [0.2, 0.25) is 0 Å². The van der Waals surface area contributed by atoms with Gasteiger partial charge in [0.05, 0.1) is 6.07 Å². The summed E-state index contributed by atoms with van der Waals surface area (Å²) in [5.41, 5.74) is 0. The average Bonchev–Trinajstić information content (AvgIpc) is 1.69. The second-order valence-electron chi connectivity index (χ2n) is 1.25. The summed E-state index contributed by atoms with van der Waals surface area (Å²) in [7, 11) is 0. The van der Waals surface area contributed by atoms with Crippen molar-refractivity contribution >= 4 is 11.8 Å². The summed E-state index contributed by atoms with van der Waals surface area (Å²) in [6.45, 7) is 0. The molecule has 0 fully saturated rings. The first-order valence-electron chi connectivity index (χ1n) is 2.27. The predicted octanol–water partition coefficient (Wildman–Crippen LogP) is 1.65. The fourth-order valence-electron chi connectivity index (χ4n) is 0.296. The topological polar surface area (TPSA) is 23.8 Å². The largest absolute Gasteiger partial charge is 0.198 e. The minimum Gasteiger partial charge on any atom is -0.198 e. The molecule has 8 heavy (non-hydrogen) atoms. The first kappa shape index (κ1) is 11.9. The Morgan fingerprint density at radius 1 is 1.62 bits per heavy atom. The molecule has 1 nitrogen and oxygen atoms in total. The van der Waals surface area contributed by atoms with E-state index < -0.39 is 0 Å². The zero-order chi connectivity index (χ0) is 5.54. The summed E-state index contributed by atoms with van der Waals surface area (Å²) in [5, 5.41) is 8.03. The van der Waals surface area contributed by atoms with Crippen LogP contribution in [0.25, 0.3) is 0 Å². The molecule has 0 aliphatic carbocycles. The third-order valence-electron chi connectivity index (χ3n) is 0.637. The maximum absolute atomic E-state index is 8.03. The van der Waals surface area contributed by atoms with Crippen molar-refractivity contribution in [2.75, 3.05) is 12.0 Å². The minimum absolute atomic E-state index is 0. The van der Waals surface area contributed by atoms with Crippen molar-refractivity contribution in [3.63, 3.8) is 0 Å². The van der Waals surface area contributed by atoms with E-state index in [1.807, 2.05) is 0 Å². The van der Waals surface area contributed by atoms with Gasteiger partial charge >= 0.3 is 0 Å². The van der Waals surface area contributed by atoms with Crippen molar-refractivity contribution in [3.05, 3.63) is 0 Å². The molecular formula is C5H9CeNS. The Bertz CT molecular complexity index is 69.3. The van der Waals surface area contributed by atoms with Crippen LogP contribution in [0.5, 0.6) is 0 Å². The van der Waals surface area contributed by atoms with Crippen LogP contribution >= 0.6 is 11.8 Å². The molecule has 0 rings (SSSR count). The Morgan fingerprint density at radius 3 is 2.62 bits per heavy atom. The summed E-state index contributed by atoms with van der Waals surface area (Å²) in [6, 6.07) is 2.09. The van der Waals surface area contributed by atoms with Crippen molar-refractivity contribution in [2.45, 2.75) is 12.8 Å². The van der Waals surface area contributed by atoms with Crippen molar-refractivity contribution in [3.8, 4) is 6.07 Å². The van der Waals surface area contributed by atoms with Gasteiger partial charge in [-0.25, -0.2) is 0 Å². The molecule has 0 aromatic rings. The quantitative estimate of drug-likeness (QED) is 0.716. The van der Waals surface area contributed by atoms with Gasteiger partial charge in [0.1, 0.15) is 0 Å². The SMILES string of the molecule is CSCCCC#N.[Ce]. The Balaban J connectivity index is 0. The van der Waals surface area contributed by atoms with Crippen molar-refractivity contribution in [1.29, 1.82) is 5.26 Å². The van der Waals surface area contributed by atoms with Gasteiger partial charge in [0, 0.05) is 48.2 Å². The molecule has 0 heterocycles. The van der Waals surface area contributed by atoms with Gasteiger partial charge < -0.3 is 0 Å². The van der Waals surface area contributed by atoms with Crippen molar-refractivity contribution < 1.29 is 41.7 Å². The molecule has 0 saturated heterocycles. The minimum atomic E-state index is 0. The van der Waals surface area contributed by atoms with Crippen LogP contribution in [-0.2, 0) is 0 Å². The number of unbranched alkanes of at least 4 members (excludes halogenated alkanes) is 1. The molecule has 0 bridgehead atoms. The van der Waals surface area contributed by atoms with Crippen LogP contribution in [0, 0.1) is 53.1 Å². The van der Waals surface area contributed by atoms with Crippen molar-refractivity contribution in [2.24, 2.45) is 0 Å². The first-order valence-corrected chi connectivity index (χ1v) is 3.67. The molecular weight excluding hydrogens is 246 g/mol. The molecule has 0 atom stereocenters. The van der Waals surface area contributed by atoms with E-state index in [4.69, 9.17) is 5.26 Å². The molecule has 0 amide bonds. The summed E-state index contributed by atoms with van der Waals surface area (Å²) < 4.78 is 0. The second-order valence-corrected chi connectivity index (χ2v) is 2.24. The molecule has 0 N–H and O–H groups in total. The molecule has 0 radical (unpaired) electrons. The van der Waals surface area contributed by atoms with Crippen LogP contribution in [0.1, 0.15) is 12.8 Å². The molecule has 0 unspecified atom stereocenters. The van der Waals surface area contributed by atoms with E-state index in [2.05, 4.69) is 12.3 Å². The fraction of sp³-hybridized carbons (Fsp3) is 0.800. The molecule has 0 aromatic heterocycles. The molecule has 3 heteroatoms. The molecule has 0 aliphatic rings. The van der Waals surface area contributed by atoms with E-state index in [0.29, 0.717) is 6.42 Å². The number of rotatable bonds is 3. The zero-order valence-electron chi connectivity index (χ0n) is 4.98. The van der Waals surface area contributed by atoms with E-state index in [1.165, 1.54) is 0 Å². The van der Waals surface area contributed by atoms with Gasteiger partial charge in [0.25, 0.3) is 0 Å². The van der Waals surface area contributed by atoms with E-state index in [-0.39, 0.29) is 41.7 Å². The van der Waals surface area contributed by atoms with Gasteiger partial charge in [-0.05, 0) is 18.4 Å². The van der Waals surface area contributed by atoms with Crippen LogP contribution < -0.4 is 0 Å². The van der Waals surface area contributed by atoms with Gasteiger partial charge in [0.2, 0.25) is 0 Å². The third kappa shape index (κ3) is 10.2. The normalized spacial score (nSPS) is 7.00. The standard InChI is InChI=1S/C5H9NS.Ce/c1-7-5-3-2-4-6;/h2-3,5H2,1H3;. The third-order valence-corrected chi connectivity index (χ3v) is 1.33. The summed E-state index contributed by atoms with van der Waals surface area (Å²) in [4.78, 5) is 0. The predicted molar refractivity (Wildman–Crippen MR) is 33.2 cm³/mol. The first-order chi connectivity index (χ1) is 3.41. The smallest absolute Gasteiger partial charge is 0.0622 e. The van der Waals surface area contributed by atoms with Crippen LogP contribution in [0.3, 0.4) is 0 Å². The summed E-state index contributed by atoms with van der Waals surface area (Å²) in [6.07, 6.45) is 3.80. The Labute approximate surface area is 88.6 Å². The Hall–Kier alpha value is 1.22. The van der Waals surface area contributed by atoms with Gasteiger partial charge in [-0.3, -0.25) is 0 Å². The zero-order valence-corrected chi connectivity index (χ0v) is 8.93. The molecule has 0 spiro atoms. The number of hydrogen-bond donors (Lipinski definition) is 0. The maximum Gasteiger partial charge on any atom is 0.0622 e. The maximum atomic E-state index is 8.03. The fourth-order valence-corrected chi connectivity index (χ4v) is 0.729. The van der Waals surface area contributed by atoms with Crippen LogP contribution in [0.15, 0.2) is 0 Å². The summed E-state index contributed by atoms with van der Waals surface area (Å²) in [5.74, 6) is 1.12. The van der Waals surface area contributed by atoms with Gasteiger partial charge in [-0.1, -0.05) is 0 Å². The Morgan fingerprint density at radius 2 is 2.25 bits per heavy atom. The molecule has 44 valence electrons. The van der Waals surface area contributed by atoms with E-state index in [9.17, 15) is 0 Å². The number of thioether (sulfide) groups is 1. The molecule has 0 aliphatic heterocycles. The molecule has 0 aromatic carbocycles. The van der Waals surface area contributed by atoms with Crippen LogP contribution in [-0.4, -0.2) is 12.0 Å². The van der Waals surface area contributed by atoms with E-state index in [1.54, 1.807) is 11.8 Å². The van der Waals surface area contributed by atoms with Gasteiger partial charge in [0.15, 0.2) is 0 Å². The monoisotopic (exact) mass is 255 g/mol. The van der Waals surface area contributed by atoms with Crippen molar-refractivity contribution in [1.82, 2.24) is 0 Å². The number of nitriles is 1. The van der Waals surface area contributed by atoms with E-state index >= 15 is 0 Å². The number of hydrogen-bond acceptors (Lipinski definition) is 2. The number of nitrogens with zero attached hydrogens (tertiary/aromatic N) is 1. The molecule has 0 saturated carbocycles. The second kappa shape index (κ2) is 11.1. The summed E-state index contributed by atoms with van der Waals surface area (Å²) >= 11 is 1.79. The Kier molecular flexibility index (Phi) is 16.5. The van der Waals surface area contributed by atoms with E-state index in [0.717, 1.165) is 12.2 Å². The van der Waals surface area contributed by atoms with Crippen LogP contribution in [0.4, 0.5) is 0 Å².